The summed E-state index contributed by atoms with van der Waals surface area (Å²) in [6, 6.07) is 16.4. The van der Waals surface area contributed by atoms with Gasteiger partial charge < -0.3 is 10.1 Å². The van der Waals surface area contributed by atoms with Gasteiger partial charge in [0.05, 0.1) is 17.1 Å². The zero-order chi connectivity index (χ0) is 25.4. The van der Waals surface area contributed by atoms with Crippen LogP contribution in [0.15, 0.2) is 60.8 Å². The van der Waals surface area contributed by atoms with Crippen molar-refractivity contribution in [3.05, 3.63) is 76.8 Å². The van der Waals surface area contributed by atoms with Crippen LogP contribution in [0.1, 0.15) is 22.9 Å². The van der Waals surface area contributed by atoms with Crippen LogP contribution in [0.25, 0.3) is 22.0 Å². The molecule has 36 heavy (non-hydrogen) atoms. The van der Waals surface area contributed by atoms with E-state index in [2.05, 4.69) is 10.3 Å². The van der Waals surface area contributed by atoms with Gasteiger partial charge in [-0.05, 0) is 75.2 Å². The van der Waals surface area contributed by atoms with Gasteiger partial charge in [0, 0.05) is 22.3 Å². The summed E-state index contributed by atoms with van der Waals surface area (Å²) in [4.78, 5) is 38.0. The van der Waals surface area contributed by atoms with Crippen LogP contribution in [0.3, 0.4) is 0 Å². The van der Waals surface area contributed by atoms with E-state index in [0.29, 0.717) is 11.4 Å². The molecular weight excluding hydrogens is 472 g/mol. The number of benzene rings is 2. The van der Waals surface area contributed by atoms with E-state index < -0.39 is 6.04 Å². The number of carbonyl (C=O) groups excluding carboxylic acids is 2. The first-order chi connectivity index (χ1) is 17.3. The minimum absolute atomic E-state index is 0.118. The van der Waals surface area contributed by atoms with E-state index in [0.717, 1.165) is 43.7 Å². The summed E-state index contributed by atoms with van der Waals surface area (Å²) >= 11 is 1.57. The van der Waals surface area contributed by atoms with Crippen molar-refractivity contribution >= 4 is 34.5 Å². The van der Waals surface area contributed by atoms with E-state index in [4.69, 9.17) is 9.72 Å². The smallest absolute Gasteiger partial charge is 0.265 e. The lowest BCUT2D eigenvalue weighted by atomic mass is 10.1. The molecule has 182 valence electrons. The maximum absolute atomic E-state index is 13.2. The normalized spacial score (nSPS) is 13.7. The first-order valence-electron chi connectivity index (χ1n) is 11.7. The van der Waals surface area contributed by atoms with E-state index in [1.165, 1.54) is 4.90 Å². The Balaban J connectivity index is 1.48. The van der Waals surface area contributed by atoms with Crippen LogP contribution >= 0.6 is 11.3 Å². The van der Waals surface area contributed by atoms with Crippen molar-refractivity contribution in [2.24, 2.45) is 0 Å². The second-order valence-corrected chi connectivity index (χ2v) is 9.99. The van der Waals surface area contributed by atoms with E-state index in [1.807, 2.05) is 75.4 Å². The molecule has 2 aromatic heterocycles. The molecule has 1 atom stereocenters. The Morgan fingerprint density at radius 1 is 1.11 bits per heavy atom. The molecule has 0 saturated heterocycles. The number of aryl methyl sites for hydroxylation is 2. The fourth-order valence-electron chi connectivity index (χ4n) is 4.25. The molecule has 2 aromatic carbocycles. The van der Waals surface area contributed by atoms with Crippen molar-refractivity contribution in [2.45, 2.75) is 33.7 Å². The monoisotopic (exact) mass is 498 g/mol. The molecule has 8 heteroatoms. The third-order valence-electron chi connectivity index (χ3n) is 6.42. The molecule has 4 aromatic rings. The van der Waals surface area contributed by atoms with Gasteiger partial charge in [0.1, 0.15) is 16.8 Å². The lowest BCUT2D eigenvalue weighted by Crippen LogP contribution is -2.49. The number of aromatic nitrogens is 2. The molecule has 1 aliphatic heterocycles. The number of hydrogen-bond acceptors (Lipinski definition) is 6. The van der Waals surface area contributed by atoms with Crippen molar-refractivity contribution in [3.63, 3.8) is 0 Å². The van der Waals surface area contributed by atoms with E-state index >= 15 is 0 Å². The number of thiazole rings is 1. The maximum Gasteiger partial charge on any atom is 0.265 e. The fourth-order valence-corrected chi connectivity index (χ4v) is 5.16. The van der Waals surface area contributed by atoms with Gasteiger partial charge in [-0.25, -0.2) is 4.98 Å². The number of nitrogens with one attached hydrogen (secondary N) is 1. The van der Waals surface area contributed by atoms with Gasteiger partial charge in [-0.1, -0.05) is 18.2 Å². The van der Waals surface area contributed by atoms with Crippen molar-refractivity contribution in [2.75, 3.05) is 16.8 Å². The van der Waals surface area contributed by atoms with Crippen molar-refractivity contribution in [1.82, 2.24) is 9.97 Å². The van der Waals surface area contributed by atoms with Gasteiger partial charge in [-0.3, -0.25) is 19.5 Å². The number of fused-ring (bicyclic) bond motifs is 1. The number of hydrogen-bond donors (Lipinski definition) is 1. The lowest BCUT2D eigenvalue weighted by Gasteiger charge is -2.33. The summed E-state index contributed by atoms with van der Waals surface area (Å²) in [5, 5.41) is 3.81. The molecule has 0 spiro atoms. The zero-order valence-corrected chi connectivity index (χ0v) is 21.3. The molecule has 0 aliphatic carbocycles. The largest absolute Gasteiger partial charge is 0.482 e. The Kier molecular flexibility index (Phi) is 6.28. The highest BCUT2D eigenvalue weighted by molar-refractivity contribution is 7.15. The molecule has 1 aliphatic rings. The Morgan fingerprint density at radius 3 is 2.72 bits per heavy atom. The van der Waals surface area contributed by atoms with Gasteiger partial charge in [-0.2, -0.15) is 0 Å². The number of pyridine rings is 1. The van der Waals surface area contributed by atoms with Crippen molar-refractivity contribution < 1.29 is 14.3 Å². The molecular formula is C28H26N4O3S. The van der Waals surface area contributed by atoms with Gasteiger partial charge in [-0.15, -0.1) is 11.3 Å². The summed E-state index contributed by atoms with van der Waals surface area (Å²) in [6.45, 7) is 7.59. The molecule has 0 fully saturated rings. The average molecular weight is 499 g/mol. The highest BCUT2D eigenvalue weighted by atomic mass is 32.1. The van der Waals surface area contributed by atoms with Gasteiger partial charge in [0.25, 0.3) is 5.91 Å². The third-order valence-corrected chi connectivity index (χ3v) is 7.41. The third kappa shape index (κ3) is 4.35. The number of amides is 2. The molecule has 1 N–H and O–H groups in total. The highest BCUT2D eigenvalue weighted by Crippen LogP contribution is 2.39. The molecule has 7 nitrogen and oxygen atoms in total. The second-order valence-electron chi connectivity index (χ2n) is 8.79. The molecule has 3 heterocycles. The SMILES string of the molecule is Cc1cccc(NC(=O)C(C)N2C(=O)COc3ccc(-c4nc(-c5ccccn5)sc4C)cc32)c1C. The second kappa shape index (κ2) is 9.54. The summed E-state index contributed by atoms with van der Waals surface area (Å²) in [6.07, 6.45) is 1.75. The van der Waals surface area contributed by atoms with E-state index in [9.17, 15) is 9.59 Å². The van der Waals surface area contributed by atoms with Crippen molar-refractivity contribution in [3.8, 4) is 27.7 Å². The number of nitrogens with zero attached hydrogens (tertiary/aromatic N) is 3. The quantitative estimate of drug-likeness (QED) is 0.390. The number of anilines is 2. The van der Waals surface area contributed by atoms with Gasteiger partial charge in [0.2, 0.25) is 5.91 Å². The predicted molar refractivity (Wildman–Crippen MR) is 143 cm³/mol. The van der Waals surface area contributed by atoms with Crippen LogP contribution in [0.2, 0.25) is 0 Å². The standard InChI is InChI=1S/C28H26N4O3S/c1-16-8-7-10-21(17(16)2)30-27(34)18(3)32-23-14-20(11-12-24(23)35-15-25(32)33)26-19(4)36-28(31-26)22-9-5-6-13-29-22/h5-14,18H,15H2,1-4H3,(H,30,34). The fraction of sp³-hybridized carbons (Fsp3) is 0.214. The van der Waals surface area contributed by atoms with Crippen LogP contribution in [-0.2, 0) is 9.59 Å². The molecule has 1 unspecified atom stereocenters. The summed E-state index contributed by atoms with van der Waals surface area (Å²) in [5.41, 5.74) is 5.84. The minimum Gasteiger partial charge on any atom is -0.482 e. The molecule has 0 radical (unpaired) electrons. The first kappa shape index (κ1) is 23.7. The first-order valence-corrected chi connectivity index (χ1v) is 12.5. The maximum atomic E-state index is 13.2. The zero-order valence-electron chi connectivity index (χ0n) is 20.5. The average Bonchev–Trinajstić information content (AvgIpc) is 3.28. The van der Waals surface area contributed by atoms with Crippen LogP contribution < -0.4 is 15.0 Å². The predicted octanol–water partition coefficient (Wildman–Crippen LogP) is 5.55. The molecule has 0 saturated carbocycles. The molecule has 0 bridgehead atoms. The number of carbonyl (C=O) groups is 2. The van der Waals surface area contributed by atoms with Gasteiger partial charge in [0.15, 0.2) is 6.61 Å². The van der Waals surface area contributed by atoms with E-state index in [-0.39, 0.29) is 18.4 Å². The van der Waals surface area contributed by atoms with Crippen LogP contribution in [0.5, 0.6) is 5.75 Å². The Labute approximate surface area is 213 Å². The van der Waals surface area contributed by atoms with Gasteiger partial charge >= 0.3 is 0 Å². The molecule has 5 rings (SSSR count). The number of rotatable bonds is 5. The summed E-state index contributed by atoms with van der Waals surface area (Å²) in [5.74, 6) is 0.0209. The Morgan fingerprint density at radius 2 is 1.94 bits per heavy atom. The highest BCUT2D eigenvalue weighted by Gasteiger charge is 2.34. The van der Waals surface area contributed by atoms with E-state index in [1.54, 1.807) is 24.5 Å². The van der Waals surface area contributed by atoms with Crippen LogP contribution in [0.4, 0.5) is 11.4 Å². The van der Waals surface area contributed by atoms with Crippen LogP contribution in [0, 0.1) is 20.8 Å². The summed E-state index contributed by atoms with van der Waals surface area (Å²) in [7, 11) is 0. The Bertz CT molecular complexity index is 1470. The number of ether oxygens (including phenoxy) is 1. The van der Waals surface area contributed by atoms with Crippen LogP contribution in [-0.4, -0.2) is 34.4 Å². The lowest BCUT2D eigenvalue weighted by molar-refractivity contribution is -0.125. The minimum atomic E-state index is -0.740. The Hall–Kier alpha value is -4.04. The molecule has 2 amide bonds. The summed E-state index contributed by atoms with van der Waals surface area (Å²) < 4.78 is 5.69. The van der Waals surface area contributed by atoms with Crippen molar-refractivity contribution in [1.29, 1.82) is 0 Å². The topological polar surface area (TPSA) is 84.4 Å².